The van der Waals surface area contributed by atoms with E-state index in [1.165, 1.54) is 11.9 Å². The van der Waals surface area contributed by atoms with Gasteiger partial charge in [0, 0.05) is 50.8 Å². The number of aliphatic imine (C=N–C) groups is 1. The number of nitrogens with zero attached hydrogens (tertiary/aromatic N) is 2. The molecule has 8 heteroatoms. The number of ether oxygens (including phenoxy) is 1. The minimum atomic E-state index is -3.22. The Morgan fingerprint density at radius 1 is 1.21 bits per heavy atom. The predicted molar refractivity (Wildman–Crippen MR) is 118 cm³/mol. The first-order chi connectivity index (χ1) is 13.9. The normalized spacial score (nSPS) is 21.0. The van der Waals surface area contributed by atoms with Gasteiger partial charge in [0.2, 0.25) is 0 Å². The molecule has 1 aromatic rings. The molecule has 2 aliphatic rings. The number of hydrogen-bond donors (Lipinski definition) is 2. The van der Waals surface area contributed by atoms with Crippen molar-refractivity contribution in [1.29, 1.82) is 0 Å². The van der Waals surface area contributed by atoms with Gasteiger partial charge in [-0.2, -0.15) is 0 Å². The van der Waals surface area contributed by atoms with E-state index in [0.29, 0.717) is 38.1 Å². The summed E-state index contributed by atoms with van der Waals surface area (Å²) in [5, 5.41) is 6.80. The molecule has 7 nitrogen and oxygen atoms in total. The van der Waals surface area contributed by atoms with Crippen LogP contribution in [0.4, 0.5) is 5.69 Å². The van der Waals surface area contributed by atoms with Gasteiger partial charge in [-0.1, -0.05) is 18.2 Å². The number of anilines is 1. The molecule has 2 saturated heterocycles. The van der Waals surface area contributed by atoms with Crippen LogP contribution in [0.25, 0.3) is 0 Å². The van der Waals surface area contributed by atoms with Crippen LogP contribution in [0.3, 0.4) is 0 Å². The minimum absolute atomic E-state index is 0.271. The Morgan fingerprint density at radius 3 is 2.45 bits per heavy atom. The number of piperidine rings is 1. The fraction of sp³-hybridized carbons (Fsp3) is 0.667. The quantitative estimate of drug-likeness (QED) is 0.537. The van der Waals surface area contributed by atoms with Crippen LogP contribution in [-0.4, -0.2) is 70.8 Å². The zero-order chi connectivity index (χ0) is 20.7. The number of benzene rings is 1. The predicted octanol–water partition coefficient (Wildman–Crippen LogP) is 1.80. The maximum atomic E-state index is 12.5. The molecule has 0 atom stereocenters. The van der Waals surface area contributed by atoms with Crippen LogP contribution in [0.1, 0.15) is 32.6 Å². The van der Waals surface area contributed by atoms with E-state index < -0.39 is 14.6 Å². The van der Waals surface area contributed by atoms with Crippen LogP contribution in [0, 0.1) is 0 Å². The molecule has 2 fully saturated rings. The van der Waals surface area contributed by atoms with Crippen LogP contribution >= 0.6 is 0 Å². The zero-order valence-electron chi connectivity index (χ0n) is 17.6. The van der Waals surface area contributed by atoms with Gasteiger partial charge in [-0.05, 0) is 44.7 Å². The molecular formula is C21H34N4O3S. The molecule has 0 aliphatic carbocycles. The smallest absolute Gasteiger partial charge is 0.191 e. The zero-order valence-corrected chi connectivity index (χ0v) is 18.4. The second-order valence-electron chi connectivity index (χ2n) is 8.00. The second kappa shape index (κ2) is 9.80. The van der Waals surface area contributed by atoms with E-state index in [9.17, 15) is 8.42 Å². The summed E-state index contributed by atoms with van der Waals surface area (Å²) < 4.78 is 29.5. The van der Waals surface area contributed by atoms with Crippen molar-refractivity contribution in [2.24, 2.45) is 4.99 Å². The molecule has 29 heavy (non-hydrogen) atoms. The van der Waals surface area contributed by atoms with Crippen molar-refractivity contribution in [2.45, 2.75) is 43.4 Å². The highest BCUT2D eigenvalue weighted by Gasteiger charge is 2.42. The van der Waals surface area contributed by atoms with Gasteiger partial charge in [0.15, 0.2) is 15.8 Å². The highest BCUT2D eigenvalue weighted by atomic mass is 32.2. The lowest BCUT2D eigenvalue weighted by atomic mass is 9.99. The molecule has 0 spiro atoms. The molecule has 0 bridgehead atoms. The molecule has 2 N–H and O–H groups in total. The van der Waals surface area contributed by atoms with Gasteiger partial charge in [-0.25, -0.2) is 8.42 Å². The number of nitrogens with one attached hydrogen (secondary N) is 2. The topological polar surface area (TPSA) is 83.0 Å². The molecule has 0 saturated carbocycles. The summed E-state index contributed by atoms with van der Waals surface area (Å²) in [6, 6.07) is 10.8. The van der Waals surface area contributed by atoms with E-state index in [-0.39, 0.29) is 6.54 Å². The average molecular weight is 423 g/mol. The Kier molecular flexibility index (Phi) is 7.40. The Hall–Kier alpha value is -1.80. The Balaban J connectivity index is 1.61. The average Bonchev–Trinajstić information content (AvgIpc) is 2.73. The Bertz CT molecular complexity index is 768. The van der Waals surface area contributed by atoms with Gasteiger partial charge >= 0.3 is 0 Å². The van der Waals surface area contributed by atoms with Crippen LogP contribution in [0.2, 0.25) is 0 Å². The first-order valence-electron chi connectivity index (χ1n) is 10.6. The van der Waals surface area contributed by atoms with Crippen molar-refractivity contribution < 1.29 is 13.2 Å². The van der Waals surface area contributed by atoms with Gasteiger partial charge in [0.1, 0.15) is 0 Å². The lowest BCUT2D eigenvalue weighted by Crippen LogP contribution is -2.50. The van der Waals surface area contributed by atoms with Crippen LogP contribution in [0.15, 0.2) is 35.3 Å². The number of guanidine groups is 1. The Labute approximate surface area is 174 Å². The van der Waals surface area contributed by atoms with Crippen molar-refractivity contribution >= 4 is 21.5 Å². The molecule has 2 heterocycles. The van der Waals surface area contributed by atoms with E-state index >= 15 is 0 Å². The van der Waals surface area contributed by atoms with Gasteiger partial charge in [0.25, 0.3) is 0 Å². The van der Waals surface area contributed by atoms with Crippen LogP contribution in [-0.2, 0) is 14.6 Å². The summed E-state index contributed by atoms with van der Waals surface area (Å²) in [7, 11) is -3.22. The third kappa shape index (κ3) is 5.63. The Morgan fingerprint density at radius 2 is 1.86 bits per heavy atom. The second-order valence-corrected chi connectivity index (χ2v) is 10.4. The maximum absolute atomic E-state index is 12.5. The van der Waals surface area contributed by atoms with Crippen molar-refractivity contribution in [3.05, 3.63) is 30.3 Å². The van der Waals surface area contributed by atoms with Gasteiger partial charge in [-0.15, -0.1) is 0 Å². The molecule has 0 aromatic heterocycles. The maximum Gasteiger partial charge on any atom is 0.191 e. The molecule has 0 amide bonds. The molecule has 162 valence electrons. The third-order valence-corrected chi connectivity index (χ3v) is 8.13. The summed E-state index contributed by atoms with van der Waals surface area (Å²) in [6.45, 7) is 5.97. The first kappa shape index (κ1) is 21.9. The van der Waals surface area contributed by atoms with E-state index in [2.05, 4.69) is 39.8 Å². The highest BCUT2D eigenvalue weighted by Crippen LogP contribution is 2.29. The molecule has 1 aromatic carbocycles. The number of hydrogen-bond acceptors (Lipinski definition) is 5. The third-order valence-electron chi connectivity index (χ3n) is 6.02. The van der Waals surface area contributed by atoms with Crippen LogP contribution < -0.4 is 15.5 Å². The van der Waals surface area contributed by atoms with Gasteiger partial charge in [0.05, 0.1) is 11.3 Å². The fourth-order valence-corrected chi connectivity index (χ4v) is 5.25. The molecular weight excluding hydrogens is 388 g/mol. The summed E-state index contributed by atoms with van der Waals surface area (Å²) in [4.78, 5) is 7.10. The number of sulfone groups is 1. The number of rotatable bonds is 6. The highest BCUT2D eigenvalue weighted by molar-refractivity contribution is 7.92. The van der Waals surface area contributed by atoms with Gasteiger partial charge < -0.3 is 20.3 Å². The number of para-hydroxylation sites is 1. The standard InChI is InChI=1S/C21H34N4O3S/c1-3-22-20(23-17-21(29(2,26)27)11-15-28-16-12-21)24-18-9-13-25(14-10-18)19-7-5-4-6-8-19/h4-8,18H,3,9-17H2,1-2H3,(H2,22,23,24). The van der Waals surface area contributed by atoms with E-state index in [1.54, 1.807) is 0 Å². The van der Waals surface area contributed by atoms with Crippen molar-refractivity contribution in [2.75, 3.05) is 50.5 Å². The first-order valence-corrected chi connectivity index (χ1v) is 12.4. The largest absolute Gasteiger partial charge is 0.381 e. The van der Waals surface area contributed by atoms with Crippen molar-refractivity contribution in [3.63, 3.8) is 0 Å². The fourth-order valence-electron chi connectivity index (χ4n) is 4.05. The monoisotopic (exact) mass is 422 g/mol. The van der Waals surface area contributed by atoms with Crippen molar-refractivity contribution in [1.82, 2.24) is 10.6 Å². The summed E-state index contributed by atoms with van der Waals surface area (Å²) in [5.41, 5.74) is 1.26. The van der Waals surface area contributed by atoms with E-state index in [4.69, 9.17) is 9.73 Å². The molecule has 0 unspecified atom stereocenters. The van der Waals surface area contributed by atoms with Crippen molar-refractivity contribution in [3.8, 4) is 0 Å². The van der Waals surface area contributed by atoms with E-state index in [1.807, 2.05) is 13.0 Å². The van der Waals surface area contributed by atoms with E-state index in [0.717, 1.165) is 32.5 Å². The molecule has 0 radical (unpaired) electrons. The SMILES string of the molecule is CCNC(=NCC1(S(C)(=O)=O)CCOCC1)NC1CCN(c2ccccc2)CC1. The van der Waals surface area contributed by atoms with Gasteiger partial charge in [-0.3, -0.25) is 4.99 Å². The summed E-state index contributed by atoms with van der Waals surface area (Å²) >= 11 is 0. The van der Waals surface area contributed by atoms with Crippen LogP contribution in [0.5, 0.6) is 0 Å². The minimum Gasteiger partial charge on any atom is -0.381 e. The summed E-state index contributed by atoms with van der Waals surface area (Å²) in [6.07, 6.45) is 4.37. The lowest BCUT2D eigenvalue weighted by molar-refractivity contribution is 0.0768. The molecule has 3 rings (SSSR count). The lowest BCUT2D eigenvalue weighted by Gasteiger charge is -2.35. The molecule has 2 aliphatic heterocycles. The summed E-state index contributed by atoms with van der Waals surface area (Å²) in [5.74, 6) is 0.708.